The van der Waals surface area contributed by atoms with Gasteiger partial charge in [0.1, 0.15) is 17.6 Å². The van der Waals surface area contributed by atoms with E-state index in [1.165, 1.54) is 4.90 Å². The van der Waals surface area contributed by atoms with E-state index in [2.05, 4.69) is 26.8 Å². The summed E-state index contributed by atoms with van der Waals surface area (Å²) < 4.78 is 1.75. The average molecular weight is 350 g/mol. The summed E-state index contributed by atoms with van der Waals surface area (Å²) in [7, 11) is 3.37. The molecule has 0 spiro atoms. The van der Waals surface area contributed by atoms with Crippen LogP contribution in [0.4, 0.5) is 5.95 Å². The van der Waals surface area contributed by atoms with Crippen LogP contribution in [0.1, 0.15) is 23.0 Å². The number of anilines is 1. The molecule has 3 heterocycles. The summed E-state index contributed by atoms with van der Waals surface area (Å²) in [6, 6.07) is 3.44. The molecule has 26 heavy (non-hydrogen) atoms. The Hall–Kier alpha value is -3.44. The molecule has 1 atom stereocenters. The fourth-order valence-corrected chi connectivity index (χ4v) is 2.47. The Kier molecular flexibility index (Phi) is 4.56. The van der Waals surface area contributed by atoms with Gasteiger partial charge < -0.3 is 20.3 Å². The summed E-state index contributed by atoms with van der Waals surface area (Å²) in [6.45, 7) is 1.58. The lowest BCUT2D eigenvalue weighted by Gasteiger charge is -2.08. The number of rotatable bonds is 2. The molecule has 8 heteroatoms. The first-order chi connectivity index (χ1) is 12.4. The maximum atomic E-state index is 12.5. The smallest absolute Gasteiger partial charge is 0.255 e. The molecule has 0 aromatic carbocycles. The maximum absolute atomic E-state index is 12.5. The molecule has 1 amide bonds. The molecule has 3 aromatic rings. The Labute approximate surface area is 150 Å². The number of hydrogen-bond donors (Lipinski definition) is 2. The van der Waals surface area contributed by atoms with Gasteiger partial charge in [-0.3, -0.25) is 4.79 Å². The minimum atomic E-state index is -0.758. The van der Waals surface area contributed by atoms with E-state index in [4.69, 9.17) is 5.73 Å². The Balaban J connectivity index is 2.26. The molecule has 0 aliphatic carbocycles. The van der Waals surface area contributed by atoms with Crippen LogP contribution in [0, 0.1) is 11.8 Å². The van der Waals surface area contributed by atoms with E-state index in [9.17, 15) is 9.90 Å². The van der Waals surface area contributed by atoms with Crippen LogP contribution in [0.3, 0.4) is 0 Å². The highest BCUT2D eigenvalue weighted by atomic mass is 16.3. The molecule has 0 saturated heterocycles. The van der Waals surface area contributed by atoms with Gasteiger partial charge in [-0.1, -0.05) is 5.92 Å². The van der Waals surface area contributed by atoms with Crippen LogP contribution < -0.4 is 5.73 Å². The highest BCUT2D eigenvalue weighted by Gasteiger charge is 2.18. The number of pyridine rings is 1. The number of aliphatic hydroxyl groups excluding tert-OH is 1. The normalized spacial score (nSPS) is 11.7. The Morgan fingerprint density at radius 2 is 2.15 bits per heavy atom. The molecule has 0 radical (unpaired) electrons. The van der Waals surface area contributed by atoms with Gasteiger partial charge in [0.05, 0.1) is 11.1 Å². The van der Waals surface area contributed by atoms with Gasteiger partial charge in [0.15, 0.2) is 0 Å². The molecule has 0 bridgehead atoms. The van der Waals surface area contributed by atoms with Crippen LogP contribution in [-0.2, 0) is 0 Å². The molecular formula is C18H18N6O2. The van der Waals surface area contributed by atoms with Gasteiger partial charge >= 0.3 is 0 Å². The van der Waals surface area contributed by atoms with Gasteiger partial charge in [0.2, 0.25) is 5.95 Å². The van der Waals surface area contributed by atoms with Crippen molar-refractivity contribution in [3.05, 3.63) is 42.0 Å². The van der Waals surface area contributed by atoms with Crippen molar-refractivity contribution < 1.29 is 9.90 Å². The average Bonchev–Trinajstić information content (AvgIpc) is 2.98. The number of aliphatic hydroxyl groups is 1. The number of hydrogen-bond acceptors (Lipinski definition) is 6. The highest BCUT2D eigenvalue weighted by molar-refractivity contribution is 6.07. The predicted molar refractivity (Wildman–Crippen MR) is 97.6 cm³/mol. The molecule has 0 aliphatic heterocycles. The predicted octanol–water partition coefficient (Wildman–Crippen LogP) is 0.832. The summed E-state index contributed by atoms with van der Waals surface area (Å²) in [5.41, 5.74) is 7.37. The molecule has 1 unspecified atom stereocenters. The highest BCUT2D eigenvalue weighted by Crippen LogP contribution is 2.25. The minimum Gasteiger partial charge on any atom is -0.381 e. The molecule has 3 N–H and O–H groups in total. The zero-order valence-corrected chi connectivity index (χ0v) is 14.6. The third-order valence-corrected chi connectivity index (χ3v) is 3.64. The molecular weight excluding hydrogens is 332 g/mol. The van der Waals surface area contributed by atoms with Gasteiger partial charge in [0.25, 0.3) is 5.91 Å². The number of aromatic nitrogens is 4. The van der Waals surface area contributed by atoms with Gasteiger partial charge in [-0.15, -0.1) is 0 Å². The standard InChI is InChI=1S/C18H18N6O2/c1-11(25)4-5-12-8-15-13(9-21-12)14(17(26)23(2)3)10-24(15)16-6-7-20-18(19)22-16/h6-11,25H,1-3H3,(H2,19,20,22). The Morgan fingerprint density at radius 3 is 2.81 bits per heavy atom. The van der Waals surface area contributed by atoms with Gasteiger partial charge in [-0.2, -0.15) is 4.98 Å². The largest absolute Gasteiger partial charge is 0.381 e. The van der Waals surface area contributed by atoms with Crippen LogP contribution in [0.5, 0.6) is 0 Å². The van der Waals surface area contributed by atoms with Gasteiger partial charge in [-0.05, 0) is 25.0 Å². The van der Waals surface area contributed by atoms with Crippen LogP contribution in [0.15, 0.2) is 30.7 Å². The minimum absolute atomic E-state index is 0.132. The molecule has 8 nitrogen and oxygen atoms in total. The van der Waals surface area contributed by atoms with Crippen LogP contribution in [0.25, 0.3) is 16.7 Å². The number of fused-ring (bicyclic) bond motifs is 1. The summed E-state index contributed by atoms with van der Waals surface area (Å²) in [5, 5.41) is 10.0. The lowest BCUT2D eigenvalue weighted by Crippen LogP contribution is -2.21. The molecule has 3 rings (SSSR count). The number of nitrogens with two attached hydrogens (primary N) is 1. The van der Waals surface area contributed by atoms with E-state index in [1.54, 1.807) is 56.3 Å². The molecule has 0 fully saturated rings. The van der Waals surface area contributed by atoms with E-state index >= 15 is 0 Å². The maximum Gasteiger partial charge on any atom is 0.255 e. The van der Waals surface area contributed by atoms with E-state index in [-0.39, 0.29) is 11.9 Å². The quantitative estimate of drug-likeness (QED) is 0.663. The molecule has 132 valence electrons. The van der Waals surface area contributed by atoms with Crippen molar-refractivity contribution in [3.8, 4) is 17.7 Å². The second-order valence-electron chi connectivity index (χ2n) is 5.92. The SMILES string of the molecule is CC(O)C#Cc1cc2c(cn1)c(C(=O)N(C)C)cn2-c1ccnc(N)n1. The topological polar surface area (TPSA) is 110 Å². The van der Waals surface area contributed by atoms with Crippen LogP contribution in [-0.4, -0.2) is 55.6 Å². The Bertz CT molecular complexity index is 1040. The van der Waals surface area contributed by atoms with Crippen molar-refractivity contribution in [1.29, 1.82) is 0 Å². The third kappa shape index (κ3) is 3.34. The zero-order chi connectivity index (χ0) is 18.8. The van der Waals surface area contributed by atoms with Crippen molar-refractivity contribution in [2.24, 2.45) is 0 Å². The van der Waals surface area contributed by atoms with E-state index in [1.807, 2.05) is 0 Å². The van der Waals surface area contributed by atoms with Gasteiger partial charge in [-0.25, -0.2) is 9.97 Å². The molecule has 0 aliphatic rings. The first-order valence-electron chi connectivity index (χ1n) is 7.88. The zero-order valence-electron chi connectivity index (χ0n) is 14.6. The van der Waals surface area contributed by atoms with Gasteiger partial charge in [0, 0.05) is 38.1 Å². The molecule has 3 aromatic heterocycles. The fraction of sp³-hybridized carbons (Fsp3) is 0.222. The number of carbonyl (C=O) groups is 1. The first kappa shape index (κ1) is 17.4. The number of nitrogens with zero attached hydrogens (tertiary/aromatic N) is 5. The van der Waals surface area contributed by atoms with Crippen molar-refractivity contribution >= 4 is 22.8 Å². The van der Waals surface area contributed by atoms with E-state index in [0.29, 0.717) is 28.0 Å². The van der Waals surface area contributed by atoms with Crippen LogP contribution in [0.2, 0.25) is 0 Å². The summed E-state index contributed by atoms with van der Waals surface area (Å²) in [6.07, 6.45) is 4.08. The fourth-order valence-electron chi connectivity index (χ4n) is 2.47. The monoisotopic (exact) mass is 350 g/mol. The van der Waals surface area contributed by atoms with E-state index < -0.39 is 6.10 Å². The number of amides is 1. The van der Waals surface area contributed by atoms with E-state index in [0.717, 1.165) is 0 Å². The first-order valence-corrected chi connectivity index (χ1v) is 7.88. The Morgan fingerprint density at radius 1 is 1.38 bits per heavy atom. The third-order valence-electron chi connectivity index (χ3n) is 3.64. The summed E-state index contributed by atoms with van der Waals surface area (Å²) >= 11 is 0. The van der Waals surface area contributed by atoms with Crippen LogP contribution >= 0.6 is 0 Å². The second kappa shape index (κ2) is 6.82. The summed E-state index contributed by atoms with van der Waals surface area (Å²) in [5.74, 6) is 5.97. The lowest BCUT2D eigenvalue weighted by atomic mass is 10.2. The van der Waals surface area contributed by atoms with Crippen molar-refractivity contribution in [2.75, 3.05) is 19.8 Å². The summed E-state index contributed by atoms with van der Waals surface area (Å²) in [4.78, 5) is 26.4. The van der Waals surface area contributed by atoms with Crippen molar-refractivity contribution in [1.82, 2.24) is 24.4 Å². The molecule has 0 saturated carbocycles. The number of carbonyl (C=O) groups excluding carboxylic acids is 1. The lowest BCUT2D eigenvalue weighted by molar-refractivity contribution is 0.0829. The number of nitrogen functional groups attached to an aromatic ring is 1. The second-order valence-corrected chi connectivity index (χ2v) is 5.92. The van der Waals surface area contributed by atoms with Crippen molar-refractivity contribution in [2.45, 2.75) is 13.0 Å². The van der Waals surface area contributed by atoms with Crippen molar-refractivity contribution in [3.63, 3.8) is 0 Å².